The van der Waals surface area contributed by atoms with E-state index < -0.39 is 5.91 Å². The molecule has 1 aromatic heterocycles. The van der Waals surface area contributed by atoms with Gasteiger partial charge in [-0.25, -0.2) is 4.79 Å². The fraction of sp³-hybridized carbons (Fsp3) is 0.458. The van der Waals surface area contributed by atoms with Crippen molar-refractivity contribution in [3.8, 4) is 0 Å². The van der Waals surface area contributed by atoms with Crippen LogP contribution in [0.2, 0.25) is 0 Å². The van der Waals surface area contributed by atoms with Crippen molar-refractivity contribution in [2.75, 3.05) is 0 Å². The van der Waals surface area contributed by atoms with Crippen LogP contribution in [0.25, 0.3) is 0 Å². The number of carbonyl (C=O) groups is 2. The highest BCUT2D eigenvalue weighted by Crippen LogP contribution is 2.35. The van der Waals surface area contributed by atoms with E-state index in [4.69, 9.17) is 10.5 Å². The van der Waals surface area contributed by atoms with E-state index in [2.05, 4.69) is 20.8 Å². The van der Waals surface area contributed by atoms with Crippen molar-refractivity contribution in [1.82, 2.24) is 0 Å². The molecule has 0 radical (unpaired) electrons. The molecule has 1 aliphatic rings. The smallest absolute Gasteiger partial charge is 0.338 e. The Kier molecular flexibility index (Phi) is 6.68. The molecule has 2 aromatic rings. The van der Waals surface area contributed by atoms with Crippen LogP contribution in [0.4, 0.5) is 0 Å². The van der Waals surface area contributed by atoms with E-state index in [9.17, 15) is 9.59 Å². The number of carbonyl (C=O) groups excluding carboxylic acids is 2. The number of rotatable bonds is 6. The summed E-state index contributed by atoms with van der Waals surface area (Å²) < 4.78 is 7.89. The van der Waals surface area contributed by atoms with Gasteiger partial charge in [-0.05, 0) is 42.7 Å². The van der Waals surface area contributed by atoms with Crippen LogP contribution in [0.1, 0.15) is 66.3 Å². The second-order valence-electron chi connectivity index (χ2n) is 8.56. The number of ether oxygens (including phenoxy) is 1. The summed E-state index contributed by atoms with van der Waals surface area (Å²) in [5.41, 5.74) is 7.24. The molecule has 29 heavy (non-hydrogen) atoms. The van der Waals surface area contributed by atoms with Gasteiger partial charge in [-0.2, -0.15) is 4.57 Å². The minimum atomic E-state index is -0.474. The number of amides is 1. The van der Waals surface area contributed by atoms with Crippen LogP contribution in [0.3, 0.4) is 0 Å². The summed E-state index contributed by atoms with van der Waals surface area (Å²) in [7, 11) is 0. The SMILES string of the molecule is CC(C)[C@H]1CC[C@H](C)C[C@@H]1OC(=O)c1ccccc1C[n+]1cccc(C(N)=O)c1. The molecular formula is C24H31N2O3+. The van der Waals surface area contributed by atoms with E-state index in [-0.39, 0.29) is 12.1 Å². The Morgan fingerprint density at radius 1 is 1.17 bits per heavy atom. The minimum Gasteiger partial charge on any atom is -0.458 e. The molecule has 2 N–H and O–H groups in total. The van der Waals surface area contributed by atoms with Crippen LogP contribution in [0.15, 0.2) is 48.8 Å². The number of hydrogen-bond acceptors (Lipinski definition) is 3. The van der Waals surface area contributed by atoms with E-state index in [0.29, 0.717) is 35.4 Å². The third-order valence-corrected chi connectivity index (χ3v) is 5.95. The molecule has 0 aliphatic heterocycles. The van der Waals surface area contributed by atoms with Gasteiger partial charge in [-0.1, -0.05) is 45.4 Å². The lowest BCUT2D eigenvalue weighted by Gasteiger charge is -2.36. The highest BCUT2D eigenvalue weighted by Gasteiger charge is 2.34. The molecule has 3 rings (SSSR count). The van der Waals surface area contributed by atoms with E-state index in [1.165, 1.54) is 6.42 Å². The Labute approximate surface area is 172 Å². The van der Waals surface area contributed by atoms with Crippen LogP contribution in [0, 0.1) is 17.8 Å². The molecule has 1 aliphatic carbocycles. The third-order valence-electron chi connectivity index (χ3n) is 5.95. The summed E-state index contributed by atoms with van der Waals surface area (Å²) in [6.07, 6.45) is 6.74. The van der Waals surface area contributed by atoms with Crippen LogP contribution in [-0.2, 0) is 11.3 Å². The zero-order chi connectivity index (χ0) is 21.0. The zero-order valence-electron chi connectivity index (χ0n) is 17.5. The van der Waals surface area contributed by atoms with E-state index in [1.54, 1.807) is 18.3 Å². The number of benzene rings is 1. The summed E-state index contributed by atoms with van der Waals surface area (Å²) in [5.74, 6) is 0.729. The minimum absolute atomic E-state index is 0.0369. The summed E-state index contributed by atoms with van der Waals surface area (Å²) in [4.78, 5) is 24.5. The van der Waals surface area contributed by atoms with Crippen LogP contribution in [-0.4, -0.2) is 18.0 Å². The standard InChI is InChI=1S/C24H30N2O3/c1-16(2)20-11-10-17(3)13-22(20)29-24(28)21-9-5-4-7-18(21)14-26-12-6-8-19(15-26)23(25)27/h4-9,12,15-17,20,22H,10-11,13-14H2,1-3H3,(H-,25,27)/p+1/t17-,20+,22-/m0/s1. The second kappa shape index (κ2) is 9.21. The number of nitrogens with two attached hydrogens (primary N) is 1. The summed E-state index contributed by atoms with van der Waals surface area (Å²) in [6, 6.07) is 10.9. The molecule has 3 atom stereocenters. The first-order chi connectivity index (χ1) is 13.8. The van der Waals surface area contributed by atoms with Crippen molar-refractivity contribution in [3.05, 3.63) is 65.5 Å². The molecule has 1 heterocycles. The van der Waals surface area contributed by atoms with Gasteiger partial charge < -0.3 is 10.5 Å². The maximum atomic E-state index is 13.1. The summed E-state index contributed by atoms with van der Waals surface area (Å²) in [5, 5.41) is 0. The molecule has 1 amide bonds. The van der Waals surface area contributed by atoms with Crippen LogP contribution in [0.5, 0.6) is 0 Å². The van der Waals surface area contributed by atoms with Crippen molar-refractivity contribution in [2.24, 2.45) is 23.5 Å². The molecule has 0 spiro atoms. The van der Waals surface area contributed by atoms with E-state index in [0.717, 1.165) is 18.4 Å². The van der Waals surface area contributed by atoms with Gasteiger partial charge in [0.1, 0.15) is 11.7 Å². The number of aromatic nitrogens is 1. The third kappa shape index (κ3) is 5.22. The Morgan fingerprint density at radius 3 is 2.66 bits per heavy atom. The van der Waals surface area contributed by atoms with Crippen LogP contribution >= 0.6 is 0 Å². The van der Waals surface area contributed by atoms with Crippen molar-refractivity contribution in [2.45, 2.75) is 52.7 Å². The molecule has 5 heteroatoms. The van der Waals surface area contributed by atoms with Crippen molar-refractivity contribution < 1.29 is 18.9 Å². The van der Waals surface area contributed by atoms with Gasteiger partial charge >= 0.3 is 5.97 Å². The number of nitrogens with zero attached hydrogens (tertiary/aromatic N) is 1. The average molecular weight is 396 g/mol. The van der Waals surface area contributed by atoms with Crippen molar-refractivity contribution in [1.29, 1.82) is 0 Å². The molecule has 0 saturated heterocycles. The lowest BCUT2D eigenvalue weighted by molar-refractivity contribution is -0.688. The number of esters is 1. The monoisotopic (exact) mass is 395 g/mol. The fourth-order valence-corrected chi connectivity index (χ4v) is 4.27. The predicted molar refractivity (Wildman–Crippen MR) is 111 cm³/mol. The molecule has 1 saturated carbocycles. The Morgan fingerprint density at radius 2 is 1.93 bits per heavy atom. The van der Waals surface area contributed by atoms with Gasteiger partial charge in [0.05, 0.1) is 5.56 Å². The van der Waals surface area contributed by atoms with Gasteiger partial charge in [0.15, 0.2) is 18.9 Å². The fourth-order valence-electron chi connectivity index (χ4n) is 4.27. The largest absolute Gasteiger partial charge is 0.458 e. The number of pyridine rings is 1. The normalized spacial score (nSPS) is 21.7. The molecule has 5 nitrogen and oxygen atoms in total. The van der Waals surface area contributed by atoms with Gasteiger partial charge in [-0.3, -0.25) is 4.79 Å². The molecular weight excluding hydrogens is 364 g/mol. The highest BCUT2D eigenvalue weighted by molar-refractivity contribution is 5.92. The molecule has 0 unspecified atom stereocenters. The predicted octanol–water partition coefficient (Wildman–Crippen LogP) is 3.74. The number of hydrogen-bond donors (Lipinski definition) is 1. The molecule has 1 fully saturated rings. The quantitative estimate of drug-likeness (QED) is 0.598. The topological polar surface area (TPSA) is 73.3 Å². The maximum Gasteiger partial charge on any atom is 0.338 e. The Hall–Kier alpha value is -2.69. The number of primary amides is 1. The molecule has 154 valence electrons. The highest BCUT2D eigenvalue weighted by atomic mass is 16.5. The first-order valence-corrected chi connectivity index (χ1v) is 10.4. The van der Waals surface area contributed by atoms with Gasteiger partial charge in [0.2, 0.25) is 0 Å². The second-order valence-corrected chi connectivity index (χ2v) is 8.56. The van der Waals surface area contributed by atoms with Crippen molar-refractivity contribution in [3.63, 3.8) is 0 Å². The zero-order valence-corrected chi connectivity index (χ0v) is 17.5. The maximum absolute atomic E-state index is 13.1. The molecule has 1 aromatic carbocycles. The lowest BCUT2D eigenvalue weighted by atomic mass is 9.75. The average Bonchev–Trinajstić information content (AvgIpc) is 2.68. The first-order valence-electron chi connectivity index (χ1n) is 10.4. The van der Waals surface area contributed by atoms with Gasteiger partial charge in [-0.15, -0.1) is 0 Å². The summed E-state index contributed by atoms with van der Waals surface area (Å²) >= 11 is 0. The van der Waals surface area contributed by atoms with Gasteiger partial charge in [0, 0.05) is 11.6 Å². The van der Waals surface area contributed by atoms with Crippen molar-refractivity contribution >= 4 is 11.9 Å². The Bertz CT molecular complexity index is 878. The lowest BCUT2D eigenvalue weighted by Crippen LogP contribution is -2.37. The van der Waals surface area contributed by atoms with Crippen LogP contribution < -0.4 is 10.3 Å². The Balaban J connectivity index is 1.80. The van der Waals surface area contributed by atoms with Gasteiger partial charge in [0.25, 0.3) is 5.91 Å². The van der Waals surface area contributed by atoms with E-state index >= 15 is 0 Å². The summed E-state index contributed by atoms with van der Waals surface area (Å²) in [6.45, 7) is 7.10. The first kappa shape index (κ1) is 21.0. The molecule has 0 bridgehead atoms. The van der Waals surface area contributed by atoms with E-state index in [1.807, 2.05) is 35.0 Å².